The second-order valence-corrected chi connectivity index (χ2v) is 4.00. The highest BCUT2D eigenvalue weighted by molar-refractivity contribution is 5.11. The number of rotatable bonds is 6. The number of likely N-dealkylation sites (N-methyl/N-ethyl adjacent to an activating group) is 2. The van der Waals surface area contributed by atoms with E-state index in [9.17, 15) is 0 Å². The largest absolute Gasteiger partial charge is 0.309 e. The molecule has 1 aromatic heterocycles. The summed E-state index contributed by atoms with van der Waals surface area (Å²) in [5.74, 6) is 0. The zero-order chi connectivity index (χ0) is 11.3. The van der Waals surface area contributed by atoms with Gasteiger partial charge in [-0.15, -0.1) is 0 Å². The molecule has 1 atom stereocenters. The molecule has 4 heteroatoms. The van der Waals surface area contributed by atoms with E-state index in [1.165, 1.54) is 5.56 Å². The van der Waals surface area contributed by atoms with Gasteiger partial charge in [0.05, 0.1) is 6.20 Å². The Morgan fingerprint density at radius 1 is 1.47 bits per heavy atom. The number of nitrogens with one attached hydrogen (secondary N) is 1. The Labute approximate surface area is 92.3 Å². The molecular weight excluding hydrogens is 188 g/mol. The Morgan fingerprint density at radius 2 is 2.20 bits per heavy atom. The zero-order valence-corrected chi connectivity index (χ0v) is 10.2. The molecule has 0 amide bonds. The van der Waals surface area contributed by atoms with Crippen LogP contribution in [0.25, 0.3) is 0 Å². The summed E-state index contributed by atoms with van der Waals surface area (Å²) in [7, 11) is 4.18. The first-order valence-electron chi connectivity index (χ1n) is 5.57. The first-order valence-corrected chi connectivity index (χ1v) is 5.57. The van der Waals surface area contributed by atoms with Gasteiger partial charge < -0.3 is 10.2 Å². The van der Waals surface area contributed by atoms with E-state index in [1.54, 1.807) is 0 Å². The molecule has 0 aromatic carbocycles. The summed E-state index contributed by atoms with van der Waals surface area (Å²) >= 11 is 0. The zero-order valence-electron chi connectivity index (χ0n) is 10.2. The molecule has 0 fully saturated rings. The van der Waals surface area contributed by atoms with Gasteiger partial charge in [0.1, 0.15) is 0 Å². The van der Waals surface area contributed by atoms with Crippen LogP contribution in [0.1, 0.15) is 25.5 Å². The highest BCUT2D eigenvalue weighted by Crippen LogP contribution is 2.12. The topological polar surface area (TPSA) is 33.1 Å². The molecule has 0 aliphatic rings. The lowest BCUT2D eigenvalue weighted by Crippen LogP contribution is -2.30. The van der Waals surface area contributed by atoms with Crippen molar-refractivity contribution in [3.8, 4) is 0 Å². The second kappa shape index (κ2) is 5.88. The van der Waals surface area contributed by atoms with Gasteiger partial charge in [-0.2, -0.15) is 5.10 Å². The third kappa shape index (κ3) is 3.64. The number of aromatic nitrogens is 2. The van der Waals surface area contributed by atoms with Crippen LogP contribution in [0.5, 0.6) is 0 Å². The summed E-state index contributed by atoms with van der Waals surface area (Å²) in [6, 6.07) is 0.380. The molecule has 4 nitrogen and oxygen atoms in total. The Hall–Kier alpha value is -0.870. The van der Waals surface area contributed by atoms with Crippen LogP contribution in [0, 0.1) is 0 Å². The summed E-state index contributed by atoms with van der Waals surface area (Å²) < 4.78 is 1.97. The van der Waals surface area contributed by atoms with Gasteiger partial charge >= 0.3 is 0 Å². The molecule has 0 aliphatic heterocycles. The minimum absolute atomic E-state index is 0.380. The van der Waals surface area contributed by atoms with E-state index < -0.39 is 0 Å². The van der Waals surface area contributed by atoms with Gasteiger partial charge in [-0.25, -0.2) is 0 Å². The van der Waals surface area contributed by atoms with Crippen LogP contribution >= 0.6 is 0 Å². The molecule has 1 rings (SSSR count). The Morgan fingerprint density at radius 3 is 2.67 bits per heavy atom. The van der Waals surface area contributed by atoms with Crippen molar-refractivity contribution < 1.29 is 0 Å². The number of nitrogens with zero attached hydrogens (tertiary/aromatic N) is 3. The fourth-order valence-corrected chi connectivity index (χ4v) is 1.63. The van der Waals surface area contributed by atoms with E-state index in [1.807, 2.05) is 10.9 Å². The van der Waals surface area contributed by atoms with Crippen LogP contribution < -0.4 is 5.32 Å². The Bertz CT molecular complexity index is 280. The molecular formula is C11H22N4. The van der Waals surface area contributed by atoms with Crippen molar-refractivity contribution in [2.24, 2.45) is 0 Å². The van der Waals surface area contributed by atoms with Crippen LogP contribution in [0.15, 0.2) is 12.4 Å². The lowest BCUT2D eigenvalue weighted by Gasteiger charge is -2.20. The molecule has 0 saturated heterocycles. The molecule has 0 spiro atoms. The van der Waals surface area contributed by atoms with Gasteiger partial charge in [0.25, 0.3) is 0 Å². The summed E-state index contributed by atoms with van der Waals surface area (Å²) in [5.41, 5.74) is 1.27. The lowest BCUT2D eigenvalue weighted by molar-refractivity contribution is 0.345. The maximum Gasteiger partial charge on any atom is 0.0538 e. The van der Waals surface area contributed by atoms with E-state index in [-0.39, 0.29) is 0 Å². The third-order valence-corrected chi connectivity index (χ3v) is 2.38. The molecule has 0 saturated carbocycles. The smallest absolute Gasteiger partial charge is 0.0538 e. The molecule has 0 radical (unpaired) electrons. The van der Waals surface area contributed by atoms with E-state index in [0.29, 0.717) is 6.04 Å². The fourth-order valence-electron chi connectivity index (χ4n) is 1.63. The predicted octanol–water partition coefficient (Wildman–Crippen LogP) is 1.12. The molecule has 1 unspecified atom stereocenters. The molecule has 1 N–H and O–H groups in total. The van der Waals surface area contributed by atoms with Crippen LogP contribution in [-0.2, 0) is 6.54 Å². The van der Waals surface area contributed by atoms with Crippen molar-refractivity contribution in [1.29, 1.82) is 0 Å². The minimum atomic E-state index is 0.380. The van der Waals surface area contributed by atoms with Crippen LogP contribution in [0.4, 0.5) is 0 Å². The Balaban J connectivity index is 2.69. The van der Waals surface area contributed by atoms with Crippen molar-refractivity contribution in [2.75, 3.05) is 27.2 Å². The van der Waals surface area contributed by atoms with E-state index in [4.69, 9.17) is 0 Å². The van der Waals surface area contributed by atoms with Crippen molar-refractivity contribution in [3.05, 3.63) is 18.0 Å². The predicted molar refractivity (Wildman–Crippen MR) is 62.9 cm³/mol. The summed E-state index contributed by atoms with van der Waals surface area (Å²) in [4.78, 5) is 2.19. The van der Waals surface area contributed by atoms with Gasteiger partial charge in [0.2, 0.25) is 0 Å². The highest BCUT2D eigenvalue weighted by Gasteiger charge is 2.12. The quantitative estimate of drug-likeness (QED) is 0.763. The SMILES string of the molecule is CCNC(CN(C)C)c1cnn(CC)c1. The van der Waals surface area contributed by atoms with Crippen molar-refractivity contribution in [2.45, 2.75) is 26.4 Å². The van der Waals surface area contributed by atoms with Crippen molar-refractivity contribution >= 4 is 0 Å². The number of hydrogen-bond donors (Lipinski definition) is 1. The van der Waals surface area contributed by atoms with E-state index in [0.717, 1.165) is 19.6 Å². The van der Waals surface area contributed by atoms with Gasteiger partial charge in [0, 0.05) is 30.9 Å². The molecule has 15 heavy (non-hydrogen) atoms. The number of aryl methyl sites for hydroxylation is 1. The third-order valence-electron chi connectivity index (χ3n) is 2.38. The lowest BCUT2D eigenvalue weighted by atomic mass is 10.1. The number of hydrogen-bond acceptors (Lipinski definition) is 3. The van der Waals surface area contributed by atoms with Gasteiger partial charge in [-0.05, 0) is 27.6 Å². The molecule has 0 bridgehead atoms. The first kappa shape index (κ1) is 12.2. The second-order valence-electron chi connectivity index (χ2n) is 4.00. The molecule has 1 heterocycles. The standard InChI is InChI=1S/C11H22N4/c1-5-12-11(9-14(3)4)10-7-13-15(6-2)8-10/h7-8,11-12H,5-6,9H2,1-4H3. The van der Waals surface area contributed by atoms with Crippen molar-refractivity contribution in [1.82, 2.24) is 20.0 Å². The van der Waals surface area contributed by atoms with Crippen LogP contribution in [0.3, 0.4) is 0 Å². The van der Waals surface area contributed by atoms with Crippen LogP contribution in [0.2, 0.25) is 0 Å². The van der Waals surface area contributed by atoms with Gasteiger partial charge in [0.15, 0.2) is 0 Å². The Kier molecular flexibility index (Phi) is 4.78. The average molecular weight is 210 g/mol. The van der Waals surface area contributed by atoms with E-state index in [2.05, 4.69) is 49.5 Å². The maximum atomic E-state index is 4.30. The summed E-state index contributed by atoms with van der Waals surface area (Å²) in [6.45, 7) is 7.15. The first-order chi connectivity index (χ1) is 7.17. The summed E-state index contributed by atoms with van der Waals surface area (Å²) in [5, 5.41) is 7.78. The average Bonchev–Trinajstić information content (AvgIpc) is 2.64. The molecule has 0 aliphatic carbocycles. The van der Waals surface area contributed by atoms with Crippen molar-refractivity contribution in [3.63, 3.8) is 0 Å². The normalized spacial score (nSPS) is 13.4. The monoisotopic (exact) mass is 210 g/mol. The molecule has 86 valence electrons. The highest BCUT2D eigenvalue weighted by atomic mass is 15.3. The minimum Gasteiger partial charge on any atom is -0.309 e. The summed E-state index contributed by atoms with van der Waals surface area (Å²) in [6.07, 6.45) is 4.08. The maximum absolute atomic E-state index is 4.30. The van der Waals surface area contributed by atoms with E-state index >= 15 is 0 Å². The van der Waals surface area contributed by atoms with Crippen LogP contribution in [-0.4, -0.2) is 41.9 Å². The molecule has 1 aromatic rings. The fraction of sp³-hybridized carbons (Fsp3) is 0.727. The van der Waals surface area contributed by atoms with Gasteiger partial charge in [-0.1, -0.05) is 6.92 Å². The van der Waals surface area contributed by atoms with Gasteiger partial charge in [-0.3, -0.25) is 4.68 Å².